The molecule has 0 N–H and O–H groups in total. The van der Waals surface area contributed by atoms with Crippen LogP contribution < -0.4 is 0 Å². The van der Waals surface area contributed by atoms with E-state index in [4.69, 9.17) is 0 Å². The largest absolute Gasteiger partial charge is 0.300 e. The van der Waals surface area contributed by atoms with Gasteiger partial charge in [-0.2, -0.15) is 0 Å². The fourth-order valence-electron chi connectivity index (χ4n) is 0.236. The fraction of sp³-hybridized carbons (Fsp3) is 0.636. The first-order valence-electron chi connectivity index (χ1n) is 4.49. The van der Waals surface area contributed by atoms with Crippen molar-refractivity contribution in [2.24, 2.45) is 11.8 Å². The molecule has 0 fully saturated rings. The molecule has 0 atom stereocenters. The molecule has 0 aromatic carbocycles. The maximum atomic E-state index is 10.4. The molecular formula is C11H20O2. The molecule has 0 bridgehead atoms. The molecule has 0 spiro atoms. The molecule has 0 aliphatic heterocycles. The smallest absolute Gasteiger partial charge is 0.157 e. The highest BCUT2D eigenvalue weighted by molar-refractivity contribution is 5.90. The van der Waals surface area contributed by atoms with Crippen molar-refractivity contribution in [3.8, 4) is 0 Å². The lowest BCUT2D eigenvalue weighted by molar-refractivity contribution is -0.119. The molecular weight excluding hydrogens is 164 g/mol. The van der Waals surface area contributed by atoms with Gasteiger partial charge in [-0.25, -0.2) is 0 Å². The van der Waals surface area contributed by atoms with Gasteiger partial charge in [0.15, 0.2) is 5.78 Å². The summed E-state index contributed by atoms with van der Waals surface area (Å²) < 4.78 is 0. The minimum Gasteiger partial charge on any atom is -0.300 e. The highest BCUT2D eigenvalue weighted by Crippen LogP contribution is 1.92. The van der Waals surface area contributed by atoms with E-state index in [1.54, 1.807) is 6.92 Å². The van der Waals surface area contributed by atoms with Crippen molar-refractivity contribution < 1.29 is 9.59 Å². The van der Waals surface area contributed by atoms with Crippen LogP contribution in [0.3, 0.4) is 0 Å². The summed E-state index contributed by atoms with van der Waals surface area (Å²) >= 11 is 0. The average Bonchev–Trinajstić information content (AvgIpc) is 2.03. The average molecular weight is 184 g/mol. The number of carbonyl (C=O) groups excluding carboxylic acids is 2. The molecule has 0 heterocycles. The predicted molar refractivity (Wildman–Crippen MR) is 55.6 cm³/mol. The van der Waals surface area contributed by atoms with E-state index in [-0.39, 0.29) is 23.4 Å². The molecule has 76 valence electrons. The molecule has 0 saturated carbocycles. The number of hydrogen-bond acceptors (Lipinski definition) is 2. The highest BCUT2D eigenvalue weighted by atomic mass is 16.1. The topological polar surface area (TPSA) is 34.1 Å². The lowest BCUT2D eigenvalue weighted by atomic mass is 10.1. The van der Waals surface area contributed by atoms with E-state index in [0.29, 0.717) is 0 Å². The SMILES string of the molecule is C=CC(=O)C(C)C.CC(=O)C(C)C. The second-order valence-electron chi connectivity index (χ2n) is 3.53. The molecule has 0 saturated heterocycles. The molecule has 0 aromatic rings. The standard InChI is InChI=1S/C6H10O.C5H10O/c1-4-6(7)5(2)3;1-4(2)5(3)6/h4-5H,1H2,2-3H3;4H,1-3H3. The van der Waals surface area contributed by atoms with Gasteiger partial charge in [0.05, 0.1) is 0 Å². The second-order valence-corrected chi connectivity index (χ2v) is 3.53. The quantitative estimate of drug-likeness (QED) is 0.632. The number of ketones is 2. The van der Waals surface area contributed by atoms with Crippen molar-refractivity contribution in [2.75, 3.05) is 0 Å². The van der Waals surface area contributed by atoms with Crippen LogP contribution in [0, 0.1) is 11.8 Å². The van der Waals surface area contributed by atoms with Crippen molar-refractivity contribution in [1.29, 1.82) is 0 Å². The Balaban J connectivity index is 0. The van der Waals surface area contributed by atoms with Gasteiger partial charge in [0.2, 0.25) is 0 Å². The van der Waals surface area contributed by atoms with E-state index in [9.17, 15) is 9.59 Å². The van der Waals surface area contributed by atoms with Gasteiger partial charge < -0.3 is 0 Å². The molecule has 0 radical (unpaired) electrons. The van der Waals surface area contributed by atoms with Crippen molar-refractivity contribution in [3.63, 3.8) is 0 Å². The Hall–Kier alpha value is -0.920. The van der Waals surface area contributed by atoms with Crippen LogP contribution >= 0.6 is 0 Å². The molecule has 0 aliphatic rings. The molecule has 0 rings (SSSR count). The van der Waals surface area contributed by atoms with Gasteiger partial charge in [-0.3, -0.25) is 9.59 Å². The summed E-state index contributed by atoms with van der Waals surface area (Å²) in [6.45, 7) is 12.4. The zero-order chi connectivity index (χ0) is 11.0. The Morgan fingerprint density at radius 1 is 1.08 bits per heavy atom. The Bertz CT molecular complexity index is 179. The molecule has 13 heavy (non-hydrogen) atoms. The van der Waals surface area contributed by atoms with Crippen LogP contribution in [0.25, 0.3) is 0 Å². The third-order valence-electron chi connectivity index (χ3n) is 1.58. The zero-order valence-corrected chi connectivity index (χ0v) is 9.26. The van der Waals surface area contributed by atoms with E-state index >= 15 is 0 Å². The van der Waals surface area contributed by atoms with Crippen LogP contribution in [-0.2, 0) is 9.59 Å². The van der Waals surface area contributed by atoms with E-state index in [2.05, 4.69) is 6.58 Å². The molecule has 0 unspecified atom stereocenters. The molecule has 0 aliphatic carbocycles. The van der Waals surface area contributed by atoms with Crippen LogP contribution in [0.4, 0.5) is 0 Å². The normalized spacial score (nSPS) is 9.15. The maximum Gasteiger partial charge on any atom is 0.157 e. The highest BCUT2D eigenvalue weighted by Gasteiger charge is 1.98. The third-order valence-corrected chi connectivity index (χ3v) is 1.58. The van der Waals surface area contributed by atoms with Gasteiger partial charge in [0, 0.05) is 11.8 Å². The maximum absolute atomic E-state index is 10.4. The van der Waals surface area contributed by atoms with Crippen molar-refractivity contribution in [3.05, 3.63) is 12.7 Å². The summed E-state index contributed by atoms with van der Waals surface area (Å²) in [7, 11) is 0. The number of rotatable bonds is 3. The third kappa shape index (κ3) is 11.1. The van der Waals surface area contributed by atoms with Crippen LogP contribution in [0.1, 0.15) is 34.6 Å². The second kappa shape index (κ2) is 7.71. The Morgan fingerprint density at radius 3 is 1.38 bits per heavy atom. The fourth-order valence-corrected chi connectivity index (χ4v) is 0.236. The number of carbonyl (C=O) groups is 2. The number of hydrogen-bond donors (Lipinski definition) is 0. The molecule has 0 amide bonds. The summed E-state index contributed by atoms with van der Waals surface area (Å²) in [5.41, 5.74) is 0. The summed E-state index contributed by atoms with van der Waals surface area (Å²) in [4.78, 5) is 20.5. The summed E-state index contributed by atoms with van der Waals surface area (Å²) in [5, 5.41) is 0. The lowest BCUT2D eigenvalue weighted by Crippen LogP contribution is -2.00. The van der Waals surface area contributed by atoms with E-state index in [0.717, 1.165) is 0 Å². The summed E-state index contributed by atoms with van der Waals surface area (Å²) in [5.74, 6) is 0.692. The van der Waals surface area contributed by atoms with E-state index < -0.39 is 0 Å². The van der Waals surface area contributed by atoms with E-state index in [1.807, 2.05) is 27.7 Å². The predicted octanol–water partition coefficient (Wildman–Crippen LogP) is 2.63. The molecule has 2 heteroatoms. The minimum absolute atomic E-state index is 0.109. The van der Waals surface area contributed by atoms with Crippen LogP contribution in [0.5, 0.6) is 0 Å². The Labute approximate surface area is 81.0 Å². The Kier molecular flexibility index (Phi) is 8.66. The van der Waals surface area contributed by atoms with Crippen LogP contribution in [0.2, 0.25) is 0 Å². The van der Waals surface area contributed by atoms with Crippen molar-refractivity contribution in [1.82, 2.24) is 0 Å². The summed E-state index contributed by atoms with van der Waals surface area (Å²) in [6.07, 6.45) is 1.35. The first-order chi connectivity index (χ1) is 5.82. The van der Waals surface area contributed by atoms with Gasteiger partial charge >= 0.3 is 0 Å². The zero-order valence-electron chi connectivity index (χ0n) is 9.26. The monoisotopic (exact) mass is 184 g/mol. The first-order valence-corrected chi connectivity index (χ1v) is 4.49. The van der Waals surface area contributed by atoms with Gasteiger partial charge in [0.25, 0.3) is 0 Å². The first kappa shape index (κ1) is 14.6. The minimum atomic E-state index is 0.109. The van der Waals surface area contributed by atoms with Crippen LogP contribution in [-0.4, -0.2) is 11.6 Å². The molecule has 0 aromatic heterocycles. The van der Waals surface area contributed by atoms with Crippen molar-refractivity contribution >= 4 is 11.6 Å². The molecule has 2 nitrogen and oxygen atoms in total. The lowest BCUT2D eigenvalue weighted by Gasteiger charge is -1.92. The van der Waals surface area contributed by atoms with Crippen molar-refractivity contribution in [2.45, 2.75) is 34.6 Å². The van der Waals surface area contributed by atoms with Gasteiger partial charge in [-0.1, -0.05) is 34.3 Å². The number of Topliss-reactive ketones (excluding diaryl/α,β-unsaturated/α-hetero) is 1. The van der Waals surface area contributed by atoms with Gasteiger partial charge in [-0.15, -0.1) is 0 Å². The summed E-state index contributed by atoms with van der Waals surface area (Å²) in [6, 6.07) is 0. The number of allylic oxidation sites excluding steroid dienone is 1. The van der Waals surface area contributed by atoms with Gasteiger partial charge in [0.1, 0.15) is 5.78 Å². The Morgan fingerprint density at radius 2 is 1.38 bits per heavy atom. The van der Waals surface area contributed by atoms with E-state index in [1.165, 1.54) is 6.08 Å². The van der Waals surface area contributed by atoms with Crippen LogP contribution in [0.15, 0.2) is 12.7 Å². The van der Waals surface area contributed by atoms with Gasteiger partial charge in [-0.05, 0) is 13.0 Å².